The molecule has 0 aliphatic carbocycles. The second-order valence-corrected chi connectivity index (χ2v) is 3.83. The van der Waals surface area contributed by atoms with Crippen LogP contribution in [-0.2, 0) is 4.79 Å². The van der Waals surface area contributed by atoms with Crippen molar-refractivity contribution in [1.29, 1.82) is 0 Å². The topological polar surface area (TPSA) is 17.1 Å². The summed E-state index contributed by atoms with van der Waals surface area (Å²) >= 11 is 1.46. The van der Waals surface area contributed by atoms with E-state index in [9.17, 15) is 4.79 Å². The summed E-state index contributed by atoms with van der Waals surface area (Å²) in [4.78, 5) is 10.2. The molecule has 0 amide bonds. The van der Waals surface area contributed by atoms with E-state index in [1.54, 1.807) is 0 Å². The van der Waals surface area contributed by atoms with Crippen LogP contribution in [0.25, 0.3) is 0 Å². The van der Waals surface area contributed by atoms with Gasteiger partial charge in [-0.25, -0.2) is 0 Å². The first-order valence-electron chi connectivity index (χ1n) is 4.96. The van der Waals surface area contributed by atoms with Crippen LogP contribution in [0, 0.1) is 13.8 Å². The zero-order chi connectivity index (χ0) is 10.5. The quantitative estimate of drug-likeness (QED) is 0.641. The van der Waals surface area contributed by atoms with Gasteiger partial charge >= 0.3 is 0 Å². The van der Waals surface area contributed by atoms with Crippen molar-refractivity contribution in [3.05, 3.63) is 13.8 Å². The van der Waals surface area contributed by atoms with Gasteiger partial charge in [-0.1, -0.05) is 58.7 Å². The summed E-state index contributed by atoms with van der Waals surface area (Å²) in [6.07, 6.45) is 5.19. The fraction of sp³-hybridized carbons (Fsp3) is 0.727. The van der Waals surface area contributed by atoms with Crippen molar-refractivity contribution in [3.63, 3.8) is 0 Å². The molecule has 1 aliphatic rings. The van der Waals surface area contributed by atoms with Crippen molar-refractivity contribution >= 4 is 16.9 Å². The number of unbranched alkanes of at least 4 members (excludes halogenated alkanes) is 1. The smallest absolute Gasteiger partial charge is 0.188 e. The number of thioether (sulfide) groups is 1. The van der Waals surface area contributed by atoms with Gasteiger partial charge in [0.05, 0.1) is 0 Å². The molecule has 78 valence electrons. The number of carbonyl (C=O) groups is 1. The molecule has 0 aromatic carbocycles. The van der Waals surface area contributed by atoms with Crippen LogP contribution >= 0.6 is 11.8 Å². The Morgan fingerprint density at radius 2 is 1.85 bits per heavy atom. The standard InChI is InChI=1S/C4H6OS.C4H9.C3H7/c5-4-2-1-3-6-4;1-3-4-2;1-3-2/h1-3H2;1,3-4H2,2H3;1,3H2,2H3. The van der Waals surface area contributed by atoms with Crippen LogP contribution in [0.1, 0.15) is 46.0 Å². The van der Waals surface area contributed by atoms with Crippen LogP contribution in [0.5, 0.6) is 0 Å². The fourth-order valence-electron chi connectivity index (χ4n) is 0.475. The van der Waals surface area contributed by atoms with Crippen LogP contribution in [-0.4, -0.2) is 10.9 Å². The van der Waals surface area contributed by atoms with E-state index in [1.165, 1.54) is 18.2 Å². The molecule has 0 saturated carbocycles. The average molecular weight is 202 g/mol. The van der Waals surface area contributed by atoms with Crippen molar-refractivity contribution in [2.24, 2.45) is 0 Å². The zero-order valence-corrected chi connectivity index (χ0v) is 9.79. The average Bonchev–Trinajstić information content (AvgIpc) is 2.58. The van der Waals surface area contributed by atoms with Gasteiger partial charge in [-0.05, 0) is 6.42 Å². The van der Waals surface area contributed by atoms with Crippen LogP contribution in [0.4, 0.5) is 0 Å². The lowest BCUT2D eigenvalue weighted by Crippen LogP contribution is -1.75. The van der Waals surface area contributed by atoms with E-state index in [4.69, 9.17) is 0 Å². The third-order valence-corrected chi connectivity index (χ3v) is 2.16. The predicted molar refractivity (Wildman–Crippen MR) is 62.6 cm³/mol. The maximum absolute atomic E-state index is 10.2. The van der Waals surface area contributed by atoms with Crippen molar-refractivity contribution in [3.8, 4) is 0 Å². The van der Waals surface area contributed by atoms with Crippen LogP contribution in [0.2, 0.25) is 0 Å². The van der Waals surface area contributed by atoms with Gasteiger partial charge in [0.15, 0.2) is 5.12 Å². The van der Waals surface area contributed by atoms with Crippen molar-refractivity contribution in [2.45, 2.75) is 46.0 Å². The van der Waals surface area contributed by atoms with Gasteiger partial charge in [0.25, 0.3) is 0 Å². The van der Waals surface area contributed by atoms with Crippen molar-refractivity contribution in [2.75, 3.05) is 5.75 Å². The van der Waals surface area contributed by atoms with Crippen LogP contribution < -0.4 is 0 Å². The molecule has 0 spiro atoms. The Balaban J connectivity index is 0. The van der Waals surface area contributed by atoms with Gasteiger partial charge in [-0.3, -0.25) is 4.79 Å². The highest BCUT2D eigenvalue weighted by Crippen LogP contribution is 2.17. The molecule has 1 heterocycles. The lowest BCUT2D eigenvalue weighted by atomic mass is 10.4. The highest BCUT2D eigenvalue weighted by molar-refractivity contribution is 8.14. The third-order valence-electron chi connectivity index (χ3n) is 1.14. The first kappa shape index (κ1) is 15.5. The maximum Gasteiger partial charge on any atom is 0.188 e. The van der Waals surface area contributed by atoms with Crippen LogP contribution in [0.15, 0.2) is 0 Å². The van der Waals surface area contributed by atoms with E-state index in [0.29, 0.717) is 5.12 Å². The minimum Gasteiger partial charge on any atom is -0.287 e. The fourth-order valence-corrected chi connectivity index (χ4v) is 1.28. The number of carbonyl (C=O) groups excluding carboxylic acids is 1. The largest absolute Gasteiger partial charge is 0.287 e. The molecule has 2 radical (unpaired) electrons. The molecule has 0 aromatic heterocycles. The summed E-state index contributed by atoms with van der Waals surface area (Å²) in [6, 6.07) is 0. The molecule has 1 rings (SSSR count). The summed E-state index contributed by atoms with van der Waals surface area (Å²) < 4.78 is 0. The maximum atomic E-state index is 10.2. The van der Waals surface area contributed by atoms with E-state index >= 15 is 0 Å². The number of hydrogen-bond donors (Lipinski definition) is 0. The van der Waals surface area contributed by atoms with Crippen molar-refractivity contribution in [1.82, 2.24) is 0 Å². The first-order valence-corrected chi connectivity index (χ1v) is 5.95. The second kappa shape index (κ2) is 14.5. The highest BCUT2D eigenvalue weighted by atomic mass is 32.2. The molecule has 0 bridgehead atoms. The Labute approximate surface area is 87.7 Å². The lowest BCUT2D eigenvalue weighted by Gasteiger charge is -1.71. The van der Waals surface area contributed by atoms with E-state index in [1.807, 2.05) is 6.92 Å². The predicted octanol–water partition coefficient (Wildman–Crippen LogP) is 3.89. The molecule has 1 fully saturated rings. The Kier molecular flexibility index (Phi) is 17.3. The summed E-state index contributed by atoms with van der Waals surface area (Å²) in [7, 11) is 0. The minimum absolute atomic E-state index is 0.370. The summed E-state index contributed by atoms with van der Waals surface area (Å²) in [5.41, 5.74) is 0. The summed E-state index contributed by atoms with van der Waals surface area (Å²) in [6.45, 7) is 11.2. The summed E-state index contributed by atoms with van der Waals surface area (Å²) in [5, 5.41) is 0.370. The molecule has 13 heavy (non-hydrogen) atoms. The molecule has 0 N–H and O–H groups in total. The number of rotatable bonds is 1. The molecule has 1 nitrogen and oxygen atoms in total. The Bertz CT molecular complexity index is 92.3. The van der Waals surface area contributed by atoms with E-state index in [-0.39, 0.29) is 0 Å². The van der Waals surface area contributed by atoms with Gasteiger partial charge in [0, 0.05) is 12.2 Å². The van der Waals surface area contributed by atoms with Gasteiger partial charge in [-0.2, -0.15) is 0 Å². The Morgan fingerprint density at radius 3 is 1.92 bits per heavy atom. The zero-order valence-electron chi connectivity index (χ0n) is 8.97. The second-order valence-electron chi connectivity index (χ2n) is 2.68. The minimum atomic E-state index is 0.370. The van der Waals surface area contributed by atoms with E-state index in [2.05, 4.69) is 20.8 Å². The molecule has 2 heteroatoms. The Hall–Kier alpha value is 0.0200. The summed E-state index contributed by atoms with van der Waals surface area (Å²) in [5.74, 6) is 1.05. The SMILES string of the molecule is O=C1CCCS1.[CH2]CC.[CH2]CCC. The van der Waals surface area contributed by atoms with Crippen molar-refractivity contribution < 1.29 is 4.79 Å². The Morgan fingerprint density at radius 1 is 1.38 bits per heavy atom. The monoisotopic (exact) mass is 202 g/mol. The molecule has 0 unspecified atom stereocenters. The number of hydrogen-bond acceptors (Lipinski definition) is 2. The van der Waals surface area contributed by atoms with Gasteiger partial charge in [0.1, 0.15) is 0 Å². The third kappa shape index (κ3) is 18.8. The van der Waals surface area contributed by atoms with Gasteiger partial charge < -0.3 is 0 Å². The molecular formula is C11H22OS. The normalized spacial score (nSPS) is 14.0. The molecule has 1 saturated heterocycles. The van der Waals surface area contributed by atoms with Gasteiger partial charge in [-0.15, -0.1) is 0 Å². The van der Waals surface area contributed by atoms with Gasteiger partial charge in [0.2, 0.25) is 0 Å². The lowest BCUT2D eigenvalue weighted by molar-refractivity contribution is -0.110. The first-order chi connectivity index (χ1) is 6.22. The van der Waals surface area contributed by atoms with Crippen LogP contribution in [0.3, 0.4) is 0 Å². The molecule has 0 atom stereocenters. The van der Waals surface area contributed by atoms with E-state index < -0.39 is 0 Å². The van der Waals surface area contributed by atoms with E-state index in [0.717, 1.165) is 31.4 Å². The molecule has 1 aliphatic heterocycles. The molecular weight excluding hydrogens is 180 g/mol. The highest BCUT2D eigenvalue weighted by Gasteiger charge is 2.08. The molecule has 0 aromatic rings.